The van der Waals surface area contributed by atoms with E-state index in [-0.39, 0.29) is 5.25 Å². The average Bonchev–Trinajstić information content (AvgIpc) is 2.16. The summed E-state index contributed by atoms with van der Waals surface area (Å²) < 4.78 is 16.3. The molecular weight excluding hydrogens is 240 g/mol. The van der Waals surface area contributed by atoms with Crippen LogP contribution in [0.1, 0.15) is 30.4 Å². The van der Waals surface area contributed by atoms with E-state index in [1.807, 2.05) is 26.0 Å². The highest BCUT2D eigenvalue weighted by atomic mass is 32.2. The molecule has 0 aliphatic heterocycles. The van der Waals surface area contributed by atoms with Crippen LogP contribution >= 0.6 is 12.2 Å². The van der Waals surface area contributed by atoms with Crippen molar-refractivity contribution in [3.8, 4) is 0 Å². The van der Waals surface area contributed by atoms with Gasteiger partial charge in [-0.25, -0.2) is 4.21 Å². The zero-order valence-corrected chi connectivity index (χ0v) is 11.6. The highest BCUT2D eigenvalue weighted by molar-refractivity contribution is 7.94. The normalized spacial score (nSPS) is 16.2. The Hall–Kier alpha value is -0.810. The average molecular weight is 256 g/mol. The van der Waals surface area contributed by atoms with Crippen molar-refractivity contribution in [2.75, 3.05) is 6.26 Å². The Bertz CT molecular complexity index is 499. The molecule has 0 saturated carbocycles. The van der Waals surface area contributed by atoms with Crippen LogP contribution in [0, 0.1) is 6.92 Å². The second-order valence-corrected chi connectivity index (χ2v) is 7.05. The number of pyridine rings is 1. The van der Waals surface area contributed by atoms with Crippen LogP contribution in [0.3, 0.4) is 0 Å². The lowest BCUT2D eigenvalue weighted by molar-refractivity contribution is 0.673. The predicted octanol–water partition coefficient (Wildman–Crippen LogP) is 2.90. The Balaban J connectivity index is 3.12. The van der Waals surface area contributed by atoms with Crippen LogP contribution in [0.15, 0.2) is 22.7 Å². The van der Waals surface area contributed by atoms with Gasteiger partial charge in [-0.2, -0.15) is 4.36 Å². The summed E-state index contributed by atoms with van der Waals surface area (Å²) in [7, 11) is -2.33. The molecule has 1 aromatic rings. The highest BCUT2D eigenvalue weighted by Gasteiger charge is 2.16. The lowest BCUT2D eigenvalue weighted by Crippen LogP contribution is -2.09. The van der Waals surface area contributed by atoms with Crippen molar-refractivity contribution >= 4 is 26.9 Å². The molecule has 0 aromatic carbocycles. The number of rotatable bonds is 2. The maximum Gasteiger partial charge on any atom is 0.110 e. The standard InChI is InChI=1S/C11H16N2OS2/c1-8-5-6-11(7-12-8)9(2)16(4,14)13-10(3)15/h5-7,9H,1-4H3. The summed E-state index contributed by atoms with van der Waals surface area (Å²) in [4.78, 5) is 4.62. The zero-order valence-electron chi connectivity index (χ0n) is 9.93. The lowest BCUT2D eigenvalue weighted by Gasteiger charge is -2.13. The van der Waals surface area contributed by atoms with Crippen molar-refractivity contribution in [3.05, 3.63) is 29.6 Å². The maximum atomic E-state index is 12.3. The van der Waals surface area contributed by atoms with Crippen LogP contribution in [0.25, 0.3) is 0 Å². The fourth-order valence-corrected chi connectivity index (χ4v) is 3.06. The van der Waals surface area contributed by atoms with Gasteiger partial charge in [-0.05, 0) is 32.4 Å². The van der Waals surface area contributed by atoms with E-state index in [4.69, 9.17) is 12.2 Å². The SMILES string of the molecule is CC(=S)N=S(C)(=O)C(C)c1ccc(C)nc1. The highest BCUT2D eigenvalue weighted by Crippen LogP contribution is 2.22. The quantitative estimate of drug-likeness (QED) is 0.764. The Morgan fingerprint density at radius 2 is 2.19 bits per heavy atom. The van der Waals surface area contributed by atoms with E-state index < -0.39 is 9.73 Å². The molecule has 1 aromatic heterocycles. The van der Waals surface area contributed by atoms with Crippen LogP contribution in [0.5, 0.6) is 0 Å². The largest absolute Gasteiger partial charge is 0.261 e. The fourth-order valence-electron chi connectivity index (χ4n) is 1.31. The van der Waals surface area contributed by atoms with Gasteiger partial charge < -0.3 is 0 Å². The van der Waals surface area contributed by atoms with E-state index in [1.54, 1.807) is 19.4 Å². The second kappa shape index (κ2) is 5.01. The van der Waals surface area contributed by atoms with Gasteiger partial charge >= 0.3 is 0 Å². The first-order chi connectivity index (χ1) is 7.33. The minimum absolute atomic E-state index is 0.168. The summed E-state index contributed by atoms with van der Waals surface area (Å²) in [5.74, 6) is 0. The molecule has 3 nitrogen and oxygen atoms in total. The molecule has 5 heteroatoms. The van der Waals surface area contributed by atoms with E-state index in [0.29, 0.717) is 4.99 Å². The van der Waals surface area contributed by atoms with Crippen molar-refractivity contribution < 1.29 is 4.21 Å². The van der Waals surface area contributed by atoms with Crippen LogP contribution in [0.4, 0.5) is 0 Å². The molecule has 0 N–H and O–H groups in total. The first-order valence-corrected chi connectivity index (χ1v) is 7.36. The number of hydrogen-bond donors (Lipinski definition) is 0. The third kappa shape index (κ3) is 3.35. The molecule has 0 aliphatic carbocycles. The number of nitrogens with zero attached hydrogens (tertiary/aromatic N) is 2. The molecule has 1 rings (SSSR count). The maximum absolute atomic E-state index is 12.3. The van der Waals surface area contributed by atoms with Gasteiger partial charge in [0.1, 0.15) is 4.99 Å². The molecule has 2 atom stereocenters. The third-order valence-electron chi connectivity index (χ3n) is 2.37. The van der Waals surface area contributed by atoms with Crippen LogP contribution in [-0.4, -0.2) is 20.4 Å². The van der Waals surface area contributed by atoms with Crippen molar-refractivity contribution in [3.63, 3.8) is 0 Å². The monoisotopic (exact) mass is 256 g/mol. The predicted molar refractivity (Wildman–Crippen MR) is 72.2 cm³/mol. The van der Waals surface area contributed by atoms with E-state index in [1.165, 1.54) is 0 Å². The summed E-state index contributed by atoms with van der Waals surface area (Å²) >= 11 is 4.87. The van der Waals surface area contributed by atoms with Crippen molar-refractivity contribution in [1.29, 1.82) is 0 Å². The first-order valence-electron chi connectivity index (χ1n) is 4.97. The van der Waals surface area contributed by atoms with Crippen LogP contribution < -0.4 is 0 Å². The Morgan fingerprint density at radius 3 is 2.62 bits per heavy atom. The third-order valence-corrected chi connectivity index (χ3v) is 4.80. The van der Waals surface area contributed by atoms with E-state index in [2.05, 4.69) is 9.35 Å². The van der Waals surface area contributed by atoms with Gasteiger partial charge in [0.05, 0.1) is 15.0 Å². The van der Waals surface area contributed by atoms with Gasteiger partial charge in [0.25, 0.3) is 0 Å². The lowest BCUT2D eigenvalue weighted by atomic mass is 10.2. The summed E-state index contributed by atoms with van der Waals surface area (Å²) in [5.41, 5.74) is 1.87. The zero-order chi connectivity index (χ0) is 12.3. The minimum atomic E-state index is -2.33. The molecule has 0 aliphatic rings. The number of thiocarbonyl (C=S) groups is 1. The topological polar surface area (TPSA) is 42.3 Å². The van der Waals surface area contributed by atoms with Crippen LogP contribution in [0.2, 0.25) is 0 Å². The van der Waals surface area contributed by atoms with E-state index >= 15 is 0 Å². The van der Waals surface area contributed by atoms with Gasteiger partial charge in [0, 0.05) is 18.1 Å². The van der Waals surface area contributed by atoms with Crippen LogP contribution in [-0.2, 0) is 9.73 Å². The Labute approximate surface area is 102 Å². The molecule has 16 heavy (non-hydrogen) atoms. The molecule has 0 spiro atoms. The smallest absolute Gasteiger partial charge is 0.110 e. The molecule has 0 amide bonds. The minimum Gasteiger partial charge on any atom is -0.261 e. The molecule has 1 heterocycles. The van der Waals surface area contributed by atoms with Gasteiger partial charge in [0.15, 0.2) is 0 Å². The fraction of sp³-hybridized carbons (Fsp3) is 0.455. The number of aryl methyl sites for hydroxylation is 1. The van der Waals surface area contributed by atoms with E-state index in [9.17, 15) is 4.21 Å². The summed E-state index contributed by atoms with van der Waals surface area (Å²) in [5, 5.41) is -0.168. The van der Waals surface area contributed by atoms with Gasteiger partial charge in [-0.1, -0.05) is 18.3 Å². The van der Waals surface area contributed by atoms with Gasteiger partial charge in [0.2, 0.25) is 0 Å². The summed E-state index contributed by atoms with van der Waals surface area (Å²) in [6.07, 6.45) is 3.38. The van der Waals surface area contributed by atoms with Gasteiger partial charge in [-0.15, -0.1) is 0 Å². The molecule has 88 valence electrons. The Morgan fingerprint density at radius 1 is 1.56 bits per heavy atom. The second-order valence-electron chi connectivity index (χ2n) is 3.85. The molecular formula is C11H16N2OS2. The molecule has 0 saturated heterocycles. The van der Waals surface area contributed by atoms with Crippen molar-refractivity contribution in [1.82, 2.24) is 4.98 Å². The number of hydrogen-bond acceptors (Lipinski definition) is 3. The first kappa shape index (κ1) is 13.3. The number of aromatic nitrogens is 1. The van der Waals surface area contributed by atoms with Crippen molar-refractivity contribution in [2.24, 2.45) is 4.36 Å². The molecule has 0 radical (unpaired) electrons. The summed E-state index contributed by atoms with van der Waals surface area (Å²) in [6.45, 7) is 5.48. The van der Waals surface area contributed by atoms with Gasteiger partial charge in [-0.3, -0.25) is 4.98 Å². The molecule has 0 bridgehead atoms. The molecule has 2 unspecified atom stereocenters. The summed E-state index contributed by atoms with van der Waals surface area (Å²) in [6, 6.07) is 3.84. The van der Waals surface area contributed by atoms with E-state index in [0.717, 1.165) is 11.3 Å². The van der Waals surface area contributed by atoms with Crippen molar-refractivity contribution in [2.45, 2.75) is 26.0 Å². The Kier molecular flexibility index (Phi) is 4.15. The molecule has 0 fully saturated rings.